The number of nitrogens with one attached hydrogen (secondary N) is 1. The summed E-state index contributed by atoms with van der Waals surface area (Å²) in [5.41, 5.74) is 4.17. The number of alkyl halides is 3. The smallest absolute Gasteiger partial charge is 0.378 e. The Kier molecular flexibility index (Phi) is 6.34. The van der Waals surface area contributed by atoms with Crippen LogP contribution in [0.15, 0.2) is 35.3 Å². The number of carbonyl (C=O) groups excluding carboxylic acids is 2. The van der Waals surface area contributed by atoms with Gasteiger partial charge in [0.2, 0.25) is 5.91 Å². The Hall–Kier alpha value is -1.87. The molecular formula is C14H14BrF3N2O3. The van der Waals surface area contributed by atoms with Gasteiger partial charge in [-0.3, -0.25) is 9.59 Å². The maximum Gasteiger partial charge on any atom is 0.416 e. The van der Waals surface area contributed by atoms with E-state index in [9.17, 15) is 27.9 Å². The summed E-state index contributed by atoms with van der Waals surface area (Å²) < 4.78 is 37.8. The number of benzene rings is 1. The van der Waals surface area contributed by atoms with Gasteiger partial charge in [-0.1, -0.05) is 34.6 Å². The second kappa shape index (κ2) is 7.60. The van der Waals surface area contributed by atoms with Gasteiger partial charge in [0.05, 0.1) is 5.56 Å². The first kappa shape index (κ1) is 19.2. The van der Waals surface area contributed by atoms with Crippen molar-refractivity contribution < 1.29 is 27.9 Å². The Labute approximate surface area is 138 Å². The normalized spacial score (nSPS) is 14.0. The molecule has 0 aliphatic heterocycles. The molecule has 126 valence electrons. The first-order chi connectivity index (χ1) is 10.5. The summed E-state index contributed by atoms with van der Waals surface area (Å²) in [5.74, 6) is -1.79. The van der Waals surface area contributed by atoms with Gasteiger partial charge in [-0.05, 0) is 22.2 Å². The number of rotatable bonds is 6. The third-order valence-electron chi connectivity index (χ3n) is 2.89. The van der Waals surface area contributed by atoms with Crippen LogP contribution in [-0.4, -0.2) is 23.0 Å². The summed E-state index contributed by atoms with van der Waals surface area (Å²) >= 11 is 3.02. The topological polar surface area (TPSA) is 92.4 Å². The second-order valence-electron chi connectivity index (χ2n) is 4.71. The first-order valence-corrected chi connectivity index (χ1v) is 7.10. The monoisotopic (exact) mass is 394 g/mol. The van der Waals surface area contributed by atoms with Crippen molar-refractivity contribution in [2.24, 2.45) is 5.73 Å². The molecule has 4 N–H and O–H groups in total. The zero-order valence-corrected chi connectivity index (χ0v) is 13.3. The molecule has 1 rings (SSSR count). The van der Waals surface area contributed by atoms with E-state index in [0.717, 1.165) is 24.3 Å². The van der Waals surface area contributed by atoms with Crippen molar-refractivity contribution in [3.63, 3.8) is 0 Å². The van der Waals surface area contributed by atoms with E-state index in [0.29, 0.717) is 4.48 Å². The lowest BCUT2D eigenvalue weighted by molar-refractivity contribution is -0.137. The Morgan fingerprint density at radius 3 is 2.22 bits per heavy atom. The molecule has 0 saturated carbocycles. The Morgan fingerprint density at radius 2 is 1.83 bits per heavy atom. The summed E-state index contributed by atoms with van der Waals surface area (Å²) in [4.78, 5) is 23.1. The van der Waals surface area contributed by atoms with Crippen LogP contribution < -0.4 is 11.1 Å². The summed E-state index contributed by atoms with van der Waals surface area (Å²) in [6.07, 6.45) is -6.23. The van der Waals surface area contributed by atoms with Crippen LogP contribution in [-0.2, 0) is 15.8 Å². The zero-order chi connectivity index (χ0) is 17.8. The highest BCUT2D eigenvalue weighted by molar-refractivity contribution is 9.11. The van der Waals surface area contributed by atoms with Gasteiger partial charge in [0.1, 0.15) is 6.04 Å². The van der Waals surface area contributed by atoms with Crippen molar-refractivity contribution in [3.8, 4) is 0 Å². The van der Waals surface area contributed by atoms with Gasteiger partial charge in [0.25, 0.3) is 5.91 Å². The lowest BCUT2D eigenvalue weighted by atomic mass is 10.1. The van der Waals surface area contributed by atoms with Gasteiger partial charge in [-0.15, -0.1) is 0 Å². The fraction of sp³-hybridized carbons (Fsp3) is 0.286. The van der Waals surface area contributed by atoms with Crippen LogP contribution in [0.3, 0.4) is 0 Å². The third-order valence-corrected chi connectivity index (χ3v) is 3.21. The van der Waals surface area contributed by atoms with E-state index in [1.807, 2.05) is 0 Å². The van der Waals surface area contributed by atoms with Crippen LogP contribution >= 0.6 is 15.9 Å². The van der Waals surface area contributed by atoms with Crippen molar-refractivity contribution in [2.75, 3.05) is 0 Å². The van der Waals surface area contributed by atoms with E-state index in [-0.39, 0.29) is 12.0 Å². The lowest BCUT2D eigenvalue weighted by Crippen LogP contribution is -2.46. The Balaban J connectivity index is 2.83. The van der Waals surface area contributed by atoms with Gasteiger partial charge >= 0.3 is 6.18 Å². The van der Waals surface area contributed by atoms with Crippen molar-refractivity contribution in [1.82, 2.24) is 5.32 Å². The average Bonchev–Trinajstić information content (AvgIpc) is 2.44. The molecule has 0 aromatic heterocycles. The fourth-order valence-electron chi connectivity index (χ4n) is 1.70. The molecule has 0 bridgehead atoms. The lowest BCUT2D eigenvalue weighted by Gasteiger charge is -2.18. The van der Waals surface area contributed by atoms with Crippen LogP contribution in [0.2, 0.25) is 0 Å². The third kappa shape index (κ3) is 5.68. The van der Waals surface area contributed by atoms with Crippen LogP contribution in [0.5, 0.6) is 0 Å². The van der Waals surface area contributed by atoms with E-state index >= 15 is 0 Å². The predicted octanol–water partition coefficient (Wildman–Crippen LogP) is 2.01. The summed E-state index contributed by atoms with van der Waals surface area (Å²) in [6.45, 7) is 3.51. The SMILES string of the molecule is C=C(Br)C[C@@H](NC(=O)[C@@H](O)c1ccc(C(F)(F)F)cc1)C(N)=O. The highest BCUT2D eigenvalue weighted by Gasteiger charge is 2.31. The van der Waals surface area contributed by atoms with E-state index < -0.39 is 35.7 Å². The van der Waals surface area contributed by atoms with Gasteiger partial charge < -0.3 is 16.2 Å². The molecule has 0 fully saturated rings. The predicted molar refractivity (Wildman–Crippen MR) is 80.2 cm³/mol. The number of carbonyl (C=O) groups is 2. The van der Waals surface area contributed by atoms with Crippen LogP contribution in [0.4, 0.5) is 13.2 Å². The van der Waals surface area contributed by atoms with E-state index in [2.05, 4.69) is 27.8 Å². The fourth-order valence-corrected chi connectivity index (χ4v) is 2.02. The van der Waals surface area contributed by atoms with Crippen LogP contribution in [0.1, 0.15) is 23.7 Å². The maximum atomic E-state index is 12.5. The number of halogens is 4. The number of primary amides is 1. The number of nitrogens with two attached hydrogens (primary N) is 1. The highest BCUT2D eigenvalue weighted by atomic mass is 79.9. The molecule has 0 heterocycles. The molecule has 0 aliphatic carbocycles. The number of hydrogen-bond acceptors (Lipinski definition) is 3. The summed E-state index contributed by atoms with van der Waals surface area (Å²) in [6, 6.07) is 2.36. The molecule has 0 radical (unpaired) electrons. The minimum Gasteiger partial charge on any atom is -0.378 e. The molecule has 0 aliphatic rings. The quantitative estimate of drug-likeness (QED) is 0.688. The largest absolute Gasteiger partial charge is 0.416 e. The van der Waals surface area contributed by atoms with Crippen LogP contribution in [0.25, 0.3) is 0 Å². The Bertz CT molecular complexity index is 602. The van der Waals surface area contributed by atoms with Crippen molar-refractivity contribution in [1.29, 1.82) is 0 Å². The van der Waals surface area contributed by atoms with E-state index in [4.69, 9.17) is 5.73 Å². The summed E-state index contributed by atoms with van der Waals surface area (Å²) in [5, 5.41) is 12.1. The molecule has 5 nitrogen and oxygen atoms in total. The molecule has 2 atom stereocenters. The standard InChI is InChI=1S/C14H14BrF3N2O3/c1-7(15)6-10(12(19)22)20-13(23)11(21)8-2-4-9(5-3-8)14(16,17)18/h2-5,10-11,21H,1,6H2,(H2,19,22)(H,20,23)/t10-,11+/m1/s1. The van der Waals surface area contributed by atoms with E-state index in [1.165, 1.54) is 0 Å². The molecular weight excluding hydrogens is 381 g/mol. The average molecular weight is 395 g/mol. The maximum absolute atomic E-state index is 12.5. The molecule has 0 spiro atoms. The number of hydrogen-bond donors (Lipinski definition) is 3. The van der Waals surface area contributed by atoms with Crippen molar-refractivity contribution in [3.05, 3.63) is 46.5 Å². The van der Waals surface area contributed by atoms with Gasteiger partial charge in [-0.2, -0.15) is 13.2 Å². The van der Waals surface area contributed by atoms with Crippen molar-refractivity contribution in [2.45, 2.75) is 24.7 Å². The van der Waals surface area contributed by atoms with Crippen LogP contribution in [0, 0.1) is 0 Å². The van der Waals surface area contributed by atoms with Gasteiger partial charge in [-0.25, -0.2) is 0 Å². The Morgan fingerprint density at radius 1 is 1.30 bits per heavy atom. The minimum atomic E-state index is -4.51. The van der Waals surface area contributed by atoms with E-state index in [1.54, 1.807) is 0 Å². The first-order valence-electron chi connectivity index (χ1n) is 6.30. The van der Waals surface area contributed by atoms with Crippen molar-refractivity contribution >= 4 is 27.7 Å². The highest BCUT2D eigenvalue weighted by Crippen LogP contribution is 2.30. The molecule has 1 aromatic carbocycles. The van der Waals surface area contributed by atoms with Gasteiger partial charge in [0.15, 0.2) is 6.10 Å². The molecule has 9 heteroatoms. The zero-order valence-electron chi connectivity index (χ0n) is 11.7. The number of amides is 2. The number of aliphatic hydroxyl groups is 1. The molecule has 2 amide bonds. The second-order valence-corrected chi connectivity index (χ2v) is 5.83. The summed E-state index contributed by atoms with van der Waals surface area (Å²) in [7, 11) is 0. The number of aliphatic hydroxyl groups excluding tert-OH is 1. The molecule has 0 unspecified atom stereocenters. The van der Waals surface area contributed by atoms with Gasteiger partial charge in [0, 0.05) is 6.42 Å². The molecule has 0 saturated heterocycles. The minimum absolute atomic E-state index is 0.0147. The molecule has 23 heavy (non-hydrogen) atoms. The molecule has 1 aromatic rings.